The quantitative estimate of drug-likeness (QED) is 0.546. The molecule has 0 saturated heterocycles. The minimum Gasteiger partial charge on any atom is -0.444 e. The SMILES string of the molecule is Cc1ccc(NC(=O)CSc2nnc(C(CC(C)C)NC(=O)OC(C)(C)C)o2)c(C)c1. The summed E-state index contributed by atoms with van der Waals surface area (Å²) in [7, 11) is 0. The summed E-state index contributed by atoms with van der Waals surface area (Å²) in [6.45, 7) is 13.4. The van der Waals surface area contributed by atoms with Gasteiger partial charge in [-0.3, -0.25) is 4.79 Å². The summed E-state index contributed by atoms with van der Waals surface area (Å²) in [6, 6.07) is 5.38. The molecule has 0 saturated carbocycles. The molecule has 0 aliphatic heterocycles. The highest BCUT2D eigenvalue weighted by atomic mass is 32.2. The van der Waals surface area contributed by atoms with Crippen molar-refractivity contribution >= 4 is 29.4 Å². The number of carbonyl (C=O) groups is 2. The number of amides is 2. The Morgan fingerprint density at radius 3 is 2.52 bits per heavy atom. The van der Waals surface area contributed by atoms with E-state index >= 15 is 0 Å². The lowest BCUT2D eigenvalue weighted by Crippen LogP contribution is -2.35. The number of nitrogens with zero attached hydrogens (tertiary/aromatic N) is 2. The van der Waals surface area contributed by atoms with Crippen molar-refractivity contribution < 1.29 is 18.7 Å². The number of nitrogens with one attached hydrogen (secondary N) is 2. The molecular formula is C22H32N4O4S. The van der Waals surface area contributed by atoms with Crippen LogP contribution in [0.3, 0.4) is 0 Å². The maximum absolute atomic E-state index is 12.3. The van der Waals surface area contributed by atoms with Crippen LogP contribution in [0.1, 0.15) is 64.1 Å². The number of alkyl carbamates (subject to hydrolysis) is 1. The Bertz CT molecular complexity index is 905. The summed E-state index contributed by atoms with van der Waals surface area (Å²) in [5.74, 6) is 0.536. The third-order valence-corrected chi connectivity index (χ3v) is 4.92. The number of carbonyl (C=O) groups excluding carboxylic acids is 2. The topological polar surface area (TPSA) is 106 Å². The van der Waals surface area contributed by atoms with Gasteiger partial charge >= 0.3 is 6.09 Å². The van der Waals surface area contributed by atoms with E-state index in [1.165, 1.54) is 0 Å². The molecule has 2 N–H and O–H groups in total. The average molecular weight is 449 g/mol. The Labute approximate surface area is 187 Å². The summed E-state index contributed by atoms with van der Waals surface area (Å²) in [4.78, 5) is 24.5. The maximum atomic E-state index is 12.3. The van der Waals surface area contributed by atoms with Crippen molar-refractivity contribution in [3.05, 3.63) is 35.2 Å². The lowest BCUT2D eigenvalue weighted by Gasteiger charge is -2.22. The van der Waals surface area contributed by atoms with Crippen LogP contribution >= 0.6 is 11.8 Å². The van der Waals surface area contributed by atoms with E-state index in [2.05, 4.69) is 20.8 Å². The average Bonchev–Trinajstić information content (AvgIpc) is 3.09. The molecule has 1 heterocycles. The van der Waals surface area contributed by atoms with Crippen molar-refractivity contribution in [2.75, 3.05) is 11.1 Å². The van der Waals surface area contributed by atoms with Crippen molar-refractivity contribution in [1.29, 1.82) is 0 Å². The highest BCUT2D eigenvalue weighted by molar-refractivity contribution is 7.99. The Hall–Kier alpha value is -2.55. The number of aryl methyl sites for hydroxylation is 2. The molecule has 31 heavy (non-hydrogen) atoms. The molecule has 9 heteroatoms. The molecule has 1 aromatic heterocycles. The van der Waals surface area contributed by atoms with Gasteiger partial charge in [-0.2, -0.15) is 0 Å². The Morgan fingerprint density at radius 2 is 1.90 bits per heavy atom. The van der Waals surface area contributed by atoms with Gasteiger partial charge in [0.05, 0.1) is 5.75 Å². The van der Waals surface area contributed by atoms with E-state index < -0.39 is 17.7 Å². The van der Waals surface area contributed by atoms with E-state index in [9.17, 15) is 9.59 Å². The minimum atomic E-state index is -0.606. The molecule has 2 aromatic rings. The first-order valence-electron chi connectivity index (χ1n) is 10.3. The summed E-state index contributed by atoms with van der Waals surface area (Å²) >= 11 is 1.15. The van der Waals surface area contributed by atoms with Crippen LogP contribution in [0.25, 0.3) is 0 Å². The van der Waals surface area contributed by atoms with Crippen LogP contribution in [0.4, 0.5) is 10.5 Å². The molecule has 1 aromatic carbocycles. The number of benzene rings is 1. The molecule has 0 aliphatic rings. The second kappa shape index (κ2) is 10.7. The fourth-order valence-corrected chi connectivity index (χ4v) is 3.40. The van der Waals surface area contributed by atoms with Crippen LogP contribution in [0.5, 0.6) is 0 Å². The number of thioether (sulfide) groups is 1. The normalized spacial score (nSPS) is 12.5. The molecule has 170 valence electrons. The fourth-order valence-electron chi connectivity index (χ4n) is 2.83. The van der Waals surface area contributed by atoms with Crippen molar-refractivity contribution in [2.24, 2.45) is 5.92 Å². The van der Waals surface area contributed by atoms with E-state index in [4.69, 9.17) is 9.15 Å². The molecule has 2 rings (SSSR count). The van der Waals surface area contributed by atoms with E-state index in [0.717, 1.165) is 28.6 Å². The third-order valence-electron chi connectivity index (χ3n) is 4.10. The molecule has 1 atom stereocenters. The summed E-state index contributed by atoms with van der Waals surface area (Å²) in [5, 5.41) is 14.0. The number of hydrogen-bond acceptors (Lipinski definition) is 7. The van der Waals surface area contributed by atoms with Gasteiger partial charge in [0.25, 0.3) is 5.22 Å². The summed E-state index contributed by atoms with van der Waals surface area (Å²) < 4.78 is 11.0. The van der Waals surface area contributed by atoms with Crippen molar-refractivity contribution in [1.82, 2.24) is 15.5 Å². The van der Waals surface area contributed by atoms with Crippen LogP contribution in [-0.4, -0.2) is 33.6 Å². The number of aromatic nitrogens is 2. The molecule has 0 radical (unpaired) electrons. The fraction of sp³-hybridized carbons (Fsp3) is 0.545. The van der Waals surface area contributed by atoms with Crippen LogP contribution in [0.2, 0.25) is 0 Å². The number of ether oxygens (including phenoxy) is 1. The van der Waals surface area contributed by atoms with Gasteiger partial charge in [0, 0.05) is 5.69 Å². The van der Waals surface area contributed by atoms with Gasteiger partial charge < -0.3 is 19.8 Å². The van der Waals surface area contributed by atoms with Gasteiger partial charge in [0.2, 0.25) is 11.8 Å². The molecule has 0 aliphatic carbocycles. The highest BCUT2D eigenvalue weighted by Crippen LogP contribution is 2.25. The van der Waals surface area contributed by atoms with Crippen LogP contribution in [0.15, 0.2) is 27.8 Å². The van der Waals surface area contributed by atoms with Gasteiger partial charge in [0.1, 0.15) is 11.6 Å². The Kier molecular flexibility index (Phi) is 8.50. The van der Waals surface area contributed by atoms with E-state index in [1.54, 1.807) is 20.8 Å². The minimum absolute atomic E-state index is 0.128. The molecule has 2 amide bonds. The largest absolute Gasteiger partial charge is 0.444 e. The number of rotatable bonds is 8. The summed E-state index contributed by atoms with van der Waals surface area (Å²) in [5.41, 5.74) is 2.31. The van der Waals surface area contributed by atoms with Crippen LogP contribution < -0.4 is 10.6 Å². The molecule has 0 spiro atoms. The lowest BCUT2D eigenvalue weighted by molar-refractivity contribution is -0.113. The number of anilines is 1. The highest BCUT2D eigenvalue weighted by Gasteiger charge is 2.25. The van der Waals surface area contributed by atoms with Gasteiger partial charge in [-0.1, -0.05) is 43.3 Å². The number of hydrogen-bond donors (Lipinski definition) is 2. The van der Waals surface area contributed by atoms with Gasteiger partial charge in [-0.05, 0) is 58.6 Å². The molecule has 0 fully saturated rings. The standard InChI is InChI=1S/C22H32N4O4S/c1-13(2)10-17(24-20(28)30-22(5,6)7)19-25-26-21(29-19)31-12-18(27)23-16-9-8-14(3)11-15(16)4/h8-9,11,13,17H,10,12H2,1-7H3,(H,23,27)(H,24,28). The van der Waals surface area contributed by atoms with Crippen molar-refractivity contribution in [3.63, 3.8) is 0 Å². The first-order valence-corrected chi connectivity index (χ1v) is 11.2. The van der Waals surface area contributed by atoms with Crippen molar-refractivity contribution in [2.45, 2.75) is 71.8 Å². The van der Waals surface area contributed by atoms with Gasteiger partial charge in [-0.25, -0.2) is 4.79 Å². The van der Waals surface area contributed by atoms with Crippen LogP contribution in [-0.2, 0) is 9.53 Å². The van der Waals surface area contributed by atoms with E-state index in [0.29, 0.717) is 6.42 Å². The molecular weight excluding hydrogens is 416 g/mol. The van der Waals surface area contributed by atoms with Crippen molar-refractivity contribution in [3.8, 4) is 0 Å². The molecule has 0 bridgehead atoms. The zero-order valence-electron chi connectivity index (χ0n) is 19.2. The maximum Gasteiger partial charge on any atom is 0.408 e. The molecule has 8 nitrogen and oxygen atoms in total. The first kappa shape index (κ1) is 24.7. The second-order valence-electron chi connectivity index (χ2n) is 8.89. The predicted octanol–water partition coefficient (Wildman–Crippen LogP) is 5.03. The lowest BCUT2D eigenvalue weighted by atomic mass is 10.0. The predicted molar refractivity (Wildman–Crippen MR) is 121 cm³/mol. The Balaban J connectivity index is 1.97. The smallest absolute Gasteiger partial charge is 0.408 e. The zero-order chi connectivity index (χ0) is 23.2. The van der Waals surface area contributed by atoms with Gasteiger partial charge in [-0.15, -0.1) is 10.2 Å². The van der Waals surface area contributed by atoms with Gasteiger partial charge in [0.15, 0.2) is 0 Å². The second-order valence-corrected chi connectivity index (χ2v) is 9.82. The monoisotopic (exact) mass is 448 g/mol. The Morgan fingerprint density at radius 1 is 1.19 bits per heavy atom. The summed E-state index contributed by atoms with van der Waals surface area (Å²) in [6.07, 6.45) is 0.0667. The van der Waals surface area contributed by atoms with E-state index in [-0.39, 0.29) is 28.7 Å². The first-order chi connectivity index (χ1) is 14.4. The molecule has 1 unspecified atom stereocenters. The van der Waals surface area contributed by atoms with Crippen LogP contribution in [0, 0.1) is 19.8 Å². The third kappa shape index (κ3) is 8.61. The zero-order valence-corrected chi connectivity index (χ0v) is 20.1. The van der Waals surface area contributed by atoms with E-state index in [1.807, 2.05) is 45.9 Å².